The highest BCUT2D eigenvalue weighted by Crippen LogP contribution is 2.45. The summed E-state index contributed by atoms with van der Waals surface area (Å²) in [5.74, 6) is 0. The van der Waals surface area contributed by atoms with Crippen LogP contribution in [-0.2, 0) is 0 Å². The smallest absolute Gasteiger partial charge is 0.143 e. The first-order valence-electron chi connectivity index (χ1n) is 19.7. The van der Waals surface area contributed by atoms with E-state index in [1.807, 2.05) is 18.2 Å². The van der Waals surface area contributed by atoms with Crippen LogP contribution in [0.3, 0.4) is 0 Å². The van der Waals surface area contributed by atoms with Crippen molar-refractivity contribution in [2.75, 3.05) is 4.90 Å². The lowest BCUT2D eigenvalue weighted by molar-refractivity contribution is 0.669. The van der Waals surface area contributed by atoms with E-state index >= 15 is 0 Å². The van der Waals surface area contributed by atoms with Crippen LogP contribution in [0.25, 0.3) is 93.6 Å². The Labute approximate surface area is 334 Å². The van der Waals surface area contributed by atoms with Crippen LogP contribution < -0.4 is 4.90 Å². The maximum absolute atomic E-state index is 6.50. The van der Waals surface area contributed by atoms with Crippen molar-refractivity contribution in [3.63, 3.8) is 0 Å². The number of hydrogen-bond donors (Lipinski definition) is 0. The quantitative estimate of drug-likeness (QED) is 0.170. The van der Waals surface area contributed by atoms with Gasteiger partial charge in [0.2, 0.25) is 0 Å². The van der Waals surface area contributed by atoms with Gasteiger partial charge in [-0.3, -0.25) is 0 Å². The fourth-order valence-electron chi connectivity index (χ4n) is 8.95. The maximum Gasteiger partial charge on any atom is 0.143 e. The summed E-state index contributed by atoms with van der Waals surface area (Å²) in [5, 5.41) is 6.80. The van der Waals surface area contributed by atoms with Crippen molar-refractivity contribution in [1.82, 2.24) is 4.57 Å². The molecule has 0 unspecified atom stereocenters. The normalized spacial score (nSPS) is 11.8. The highest BCUT2D eigenvalue weighted by molar-refractivity contribution is 6.15. The Balaban J connectivity index is 1.02. The van der Waals surface area contributed by atoms with Crippen molar-refractivity contribution in [3.8, 4) is 27.9 Å². The molecule has 0 N–H and O–H groups in total. The fraction of sp³-hybridized carbons (Fsp3) is 0. The Kier molecular flexibility index (Phi) is 7.20. The number of anilines is 3. The lowest BCUT2D eigenvalue weighted by Crippen LogP contribution is -2.10. The molecule has 0 aliphatic rings. The molecule has 4 heteroatoms. The standard InChI is InChI=1S/C54H34N2O2/c1-3-13-36(14-4-1)41-19-11-20-43-46-33-37(27-32-51(46)58-54(41)43)35-25-28-39(29-26-35)55(49-22-12-24-52-53(49)44-18-8-10-23-50(44)57-52)40-30-31-48-45(34-40)42-17-7-9-21-47(42)56(48)38-15-5-2-6-16-38/h1-34H. The summed E-state index contributed by atoms with van der Waals surface area (Å²) >= 11 is 0. The number of para-hydroxylation sites is 4. The third-order valence-corrected chi connectivity index (χ3v) is 11.6. The average molecular weight is 743 g/mol. The van der Waals surface area contributed by atoms with Crippen LogP contribution in [0.5, 0.6) is 0 Å². The summed E-state index contributed by atoms with van der Waals surface area (Å²) in [6.07, 6.45) is 0. The van der Waals surface area contributed by atoms with Gasteiger partial charge in [-0.15, -0.1) is 0 Å². The van der Waals surface area contributed by atoms with E-state index in [1.165, 1.54) is 16.3 Å². The van der Waals surface area contributed by atoms with Gasteiger partial charge in [0.1, 0.15) is 22.3 Å². The lowest BCUT2D eigenvalue weighted by Gasteiger charge is -2.26. The number of furan rings is 2. The van der Waals surface area contributed by atoms with E-state index in [0.29, 0.717) is 0 Å². The molecule has 272 valence electrons. The van der Waals surface area contributed by atoms with Crippen molar-refractivity contribution in [1.29, 1.82) is 0 Å². The molecule has 0 radical (unpaired) electrons. The predicted molar refractivity (Wildman–Crippen MR) is 241 cm³/mol. The molecule has 0 spiro atoms. The van der Waals surface area contributed by atoms with Gasteiger partial charge >= 0.3 is 0 Å². The van der Waals surface area contributed by atoms with Crippen LogP contribution in [0, 0.1) is 0 Å². The molecule has 0 aliphatic heterocycles. The van der Waals surface area contributed by atoms with Gasteiger partial charge in [0.25, 0.3) is 0 Å². The van der Waals surface area contributed by atoms with Crippen LogP contribution in [-0.4, -0.2) is 4.57 Å². The number of fused-ring (bicyclic) bond motifs is 9. The van der Waals surface area contributed by atoms with E-state index in [0.717, 1.165) is 94.4 Å². The molecule has 0 atom stereocenters. The van der Waals surface area contributed by atoms with E-state index in [9.17, 15) is 0 Å². The van der Waals surface area contributed by atoms with E-state index in [2.05, 4.69) is 198 Å². The predicted octanol–water partition coefficient (Wildman–Crippen LogP) is 15.4. The topological polar surface area (TPSA) is 34.5 Å². The largest absolute Gasteiger partial charge is 0.456 e. The number of hydrogen-bond acceptors (Lipinski definition) is 3. The van der Waals surface area contributed by atoms with Crippen molar-refractivity contribution in [2.45, 2.75) is 0 Å². The zero-order valence-electron chi connectivity index (χ0n) is 31.3. The van der Waals surface area contributed by atoms with E-state index in [4.69, 9.17) is 8.83 Å². The SMILES string of the molecule is c1ccc(-c2cccc3c2oc2ccc(-c4ccc(N(c5ccc6c(c5)c5ccccc5n6-c5ccccc5)c5cccc6oc7ccccc7c56)cc4)cc23)cc1. The minimum absolute atomic E-state index is 0.859. The second-order valence-electron chi connectivity index (χ2n) is 14.9. The molecule has 0 aliphatic carbocycles. The Morgan fingerprint density at radius 1 is 0.362 bits per heavy atom. The van der Waals surface area contributed by atoms with Gasteiger partial charge in [-0.1, -0.05) is 127 Å². The molecule has 0 bridgehead atoms. The van der Waals surface area contributed by atoms with Crippen molar-refractivity contribution in [2.24, 2.45) is 0 Å². The minimum Gasteiger partial charge on any atom is -0.456 e. The second kappa shape index (κ2) is 12.9. The molecule has 0 amide bonds. The van der Waals surface area contributed by atoms with Crippen molar-refractivity contribution >= 4 is 82.7 Å². The molecule has 9 aromatic carbocycles. The summed E-state index contributed by atoms with van der Waals surface area (Å²) in [4.78, 5) is 2.38. The van der Waals surface area contributed by atoms with Gasteiger partial charge in [0, 0.05) is 49.6 Å². The van der Waals surface area contributed by atoms with Crippen LogP contribution in [0.2, 0.25) is 0 Å². The van der Waals surface area contributed by atoms with Gasteiger partial charge < -0.3 is 18.3 Å². The first kappa shape index (κ1) is 32.4. The Morgan fingerprint density at radius 2 is 1.02 bits per heavy atom. The first-order valence-corrected chi connectivity index (χ1v) is 19.7. The zero-order chi connectivity index (χ0) is 38.2. The number of aromatic nitrogens is 1. The molecule has 12 aromatic rings. The third kappa shape index (κ3) is 5.02. The molecule has 0 saturated heterocycles. The van der Waals surface area contributed by atoms with Crippen LogP contribution >= 0.6 is 0 Å². The zero-order valence-corrected chi connectivity index (χ0v) is 31.3. The first-order chi connectivity index (χ1) is 28.8. The summed E-state index contributed by atoms with van der Waals surface area (Å²) in [5.41, 5.74) is 14.7. The summed E-state index contributed by atoms with van der Waals surface area (Å²) in [6.45, 7) is 0. The van der Waals surface area contributed by atoms with Crippen molar-refractivity contribution < 1.29 is 8.83 Å². The van der Waals surface area contributed by atoms with Crippen molar-refractivity contribution in [3.05, 3.63) is 206 Å². The maximum atomic E-state index is 6.50. The van der Waals surface area contributed by atoms with Gasteiger partial charge in [0.15, 0.2) is 0 Å². The highest BCUT2D eigenvalue weighted by Gasteiger charge is 2.22. The van der Waals surface area contributed by atoms with E-state index in [1.54, 1.807) is 0 Å². The molecule has 4 nitrogen and oxygen atoms in total. The van der Waals surface area contributed by atoms with Gasteiger partial charge in [0.05, 0.1) is 22.1 Å². The Hall–Kier alpha value is -7.82. The van der Waals surface area contributed by atoms with Gasteiger partial charge in [-0.2, -0.15) is 0 Å². The van der Waals surface area contributed by atoms with Crippen LogP contribution in [0.15, 0.2) is 215 Å². The number of nitrogens with zero attached hydrogens (tertiary/aromatic N) is 2. The second-order valence-corrected chi connectivity index (χ2v) is 14.9. The third-order valence-electron chi connectivity index (χ3n) is 11.6. The fourth-order valence-corrected chi connectivity index (χ4v) is 8.95. The molecule has 3 heterocycles. The number of benzene rings is 9. The molecule has 3 aromatic heterocycles. The molecular weight excluding hydrogens is 709 g/mol. The number of rotatable bonds is 6. The Morgan fingerprint density at radius 3 is 1.88 bits per heavy atom. The summed E-state index contributed by atoms with van der Waals surface area (Å²) in [7, 11) is 0. The molecular formula is C54H34N2O2. The summed E-state index contributed by atoms with van der Waals surface area (Å²) < 4.78 is 15.3. The lowest BCUT2D eigenvalue weighted by atomic mass is 10.00. The van der Waals surface area contributed by atoms with Crippen LogP contribution in [0.1, 0.15) is 0 Å². The van der Waals surface area contributed by atoms with Crippen LogP contribution in [0.4, 0.5) is 17.1 Å². The summed E-state index contributed by atoms with van der Waals surface area (Å²) in [6, 6.07) is 73.2. The molecule has 58 heavy (non-hydrogen) atoms. The Bertz CT molecular complexity index is 3500. The van der Waals surface area contributed by atoms with Gasteiger partial charge in [-0.05, 0) is 95.6 Å². The van der Waals surface area contributed by atoms with Gasteiger partial charge in [-0.25, -0.2) is 0 Å². The highest BCUT2D eigenvalue weighted by atomic mass is 16.3. The monoisotopic (exact) mass is 742 g/mol. The molecule has 0 fully saturated rings. The molecule has 12 rings (SSSR count). The average Bonchev–Trinajstić information content (AvgIpc) is 3.97. The van der Waals surface area contributed by atoms with E-state index < -0.39 is 0 Å². The minimum atomic E-state index is 0.859. The molecule has 0 saturated carbocycles. The van der Waals surface area contributed by atoms with E-state index in [-0.39, 0.29) is 0 Å².